The van der Waals surface area contributed by atoms with Crippen LogP contribution in [0.2, 0.25) is 0 Å². The van der Waals surface area contributed by atoms with E-state index in [-0.39, 0.29) is 0 Å². The second-order valence-corrected chi connectivity index (χ2v) is 6.05. The lowest BCUT2D eigenvalue weighted by Crippen LogP contribution is -2.05. The third-order valence-corrected chi connectivity index (χ3v) is 4.03. The van der Waals surface area contributed by atoms with Gasteiger partial charge in [-0.25, -0.2) is 15.0 Å². The Hall–Kier alpha value is -1.21. The smallest absolute Gasteiger partial charge is 0.223 e. The Morgan fingerprint density at radius 1 is 1.26 bits per heavy atom. The van der Waals surface area contributed by atoms with Crippen molar-refractivity contribution in [3.63, 3.8) is 0 Å². The van der Waals surface area contributed by atoms with Gasteiger partial charge in [-0.2, -0.15) is 4.37 Å². The summed E-state index contributed by atoms with van der Waals surface area (Å²) in [5, 5.41) is 4.12. The van der Waals surface area contributed by atoms with Crippen LogP contribution >= 0.6 is 23.3 Å². The minimum absolute atomic E-state index is 0.685. The van der Waals surface area contributed by atoms with Crippen molar-refractivity contribution < 1.29 is 0 Å². The molecule has 0 unspecified atom stereocenters. The van der Waals surface area contributed by atoms with E-state index in [1.807, 2.05) is 13.0 Å². The summed E-state index contributed by atoms with van der Waals surface area (Å²) in [4.78, 5) is 13.3. The zero-order chi connectivity index (χ0) is 13.7. The summed E-state index contributed by atoms with van der Waals surface area (Å²) in [5.74, 6) is 1.58. The normalized spacial score (nSPS) is 10.7. The van der Waals surface area contributed by atoms with E-state index in [4.69, 9.17) is 0 Å². The van der Waals surface area contributed by atoms with Gasteiger partial charge in [0.2, 0.25) is 5.95 Å². The molecule has 0 amide bonds. The molecule has 2 rings (SSSR count). The summed E-state index contributed by atoms with van der Waals surface area (Å²) in [7, 11) is 0. The van der Waals surface area contributed by atoms with E-state index in [1.165, 1.54) is 23.3 Å². The number of aromatic nitrogens is 4. The van der Waals surface area contributed by atoms with Gasteiger partial charge in [-0.3, -0.25) is 0 Å². The van der Waals surface area contributed by atoms with Gasteiger partial charge in [0.15, 0.2) is 4.34 Å². The maximum atomic E-state index is 4.48. The molecule has 19 heavy (non-hydrogen) atoms. The summed E-state index contributed by atoms with van der Waals surface area (Å²) in [6.45, 7) is 7.02. The van der Waals surface area contributed by atoms with Crippen molar-refractivity contribution in [3.8, 4) is 0 Å². The highest BCUT2D eigenvalue weighted by Crippen LogP contribution is 2.28. The molecule has 0 saturated carbocycles. The standard InChI is InChI=1S/C12H17N5S2/c1-4-6-13-11-14-8(3)7-10(16-11)18-12-15-9(5-2)17-19-12/h7H,4-6H2,1-3H3,(H,13,14,16). The summed E-state index contributed by atoms with van der Waals surface area (Å²) in [5.41, 5.74) is 0.955. The highest BCUT2D eigenvalue weighted by atomic mass is 32.2. The van der Waals surface area contributed by atoms with Gasteiger partial charge in [0, 0.05) is 18.7 Å². The first-order chi connectivity index (χ1) is 9.21. The average Bonchev–Trinajstić information content (AvgIpc) is 2.83. The van der Waals surface area contributed by atoms with Crippen LogP contribution in [-0.2, 0) is 6.42 Å². The van der Waals surface area contributed by atoms with Gasteiger partial charge in [0.25, 0.3) is 0 Å². The molecule has 0 radical (unpaired) electrons. The molecule has 7 heteroatoms. The van der Waals surface area contributed by atoms with Crippen LogP contribution in [0.25, 0.3) is 0 Å². The maximum Gasteiger partial charge on any atom is 0.223 e. The molecular weight excluding hydrogens is 278 g/mol. The van der Waals surface area contributed by atoms with Crippen molar-refractivity contribution in [3.05, 3.63) is 17.6 Å². The molecule has 0 atom stereocenters. The number of nitrogens with zero attached hydrogens (tertiary/aromatic N) is 4. The molecular formula is C12H17N5S2. The summed E-state index contributed by atoms with van der Waals surface area (Å²) >= 11 is 2.96. The molecule has 2 aromatic heterocycles. The van der Waals surface area contributed by atoms with Gasteiger partial charge in [0.1, 0.15) is 10.9 Å². The maximum absolute atomic E-state index is 4.48. The van der Waals surface area contributed by atoms with Gasteiger partial charge in [-0.1, -0.05) is 13.8 Å². The zero-order valence-electron chi connectivity index (χ0n) is 11.3. The van der Waals surface area contributed by atoms with Gasteiger partial charge in [-0.15, -0.1) is 0 Å². The van der Waals surface area contributed by atoms with Crippen molar-refractivity contribution in [2.24, 2.45) is 0 Å². The first-order valence-electron chi connectivity index (χ1n) is 6.31. The van der Waals surface area contributed by atoms with E-state index in [1.54, 1.807) is 0 Å². The van der Waals surface area contributed by atoms with Crippen LogP contribution in [0.15, 0.2) is 15.4 Å². The molecule has 0 aromatic carbocycles. The molecule has 0 aliphatic heterocycles. The number of nitrogens with one attached hydrogen (secondary N) is 1. The molecule has 0 bridgehead atoms. The Morgan fingerprint density at radius 3 is 2.79 bits per heavy atom. The molecule has 102 valence electrons. The zero-order valence-corrected chi connectivity index (χ0v) is 12.9. The van der Waals surface area contributed by atoms with E-state index in [0.29, 0.717) is 5.95 Å². The minimum Gasteiger partial charge on any atom is -0.354 e. The molecule has 2 aromatic rings. The van der Waals surface area contributed by atoms with Gasteiger partial charge < -0.3 is 5.32 Å². The predicted octanol–water partition coefficient (Wildman–Crippen LogP) is 3.17. The van der Waals surface area contributed by atoms with Crippen LogP contribution in [0, 0.1) is 6.92 Å². The molecule has 1 N–H and O–H groups in total. The Bertz CT molecular complexity index is 541. The summed E-state index contributed by atoms with van der Waals surface area (Å²) in [6, 6.07) is 1.97. The highest BCUT2D eigenvalue weighted by Gasteiger charge is 2.08. The molecule has 2 heterocycles. The number of hydrogen-bond acceptors (Lipinski definition) is 7. The predicted molar refractivity (Wildman–Crippen MR) is 79.0 cm³/mol. The summed E-state index contributed by atoms with van der Waals surface area (Å²) in [6.07, 6.45) is 1.92. The van der Waals surface area contributed by atoms with Crippen LogP contribution in [-0.4, -0.2) is 25.9 Å². The van der Waals surface area contributed by atoms with E-state index in [2.05, 4.69) is 38.5 Å². The molecule has 0 saturated heterocycles. The molecule has 0 spiro atoms. The van der Waals surface area contributed by atoms with Crippen LogP contribution < -0.4 is 5.32 Å². The van der Waals surface area contributed by atoms with Crippen LogP contribution in [0.5, 0.6) is 0 Å². The lowest BCUT2D eigenvalue weighted by Gasteiger charge is -2.05. The number of anilines is 1. The van der Waals surface area contributed by atoms with Crippen LogP contribution in [0.4, 0.5) is 5.95 Å². The molecule has 0 fully saturated rings. The lowest BCUT2D eigenvalue weighted by molar-refractivity contribution is 0.923. The molecule has 5 nitrogen and oxygen atoms in total. The fourth-order valence-electron chi connectivity index (χ4n) is 1.42. The van der Waals surface area contributed by atoms with Gasteiger partial charge in [0.05, 0.1) is 0 Å². The van der Waals surface area contributed by atoms with Gasteiger partial charge in [-0.05, 0) is 42.7 Å². The van der Waals surface area contributed by atoms with Crippen molar-refractivity contribution in [2.45, 2.75) is 43.0 Å². The van der Waals surface area contributed by atoms with Crippen LogP contribution in [0.3, 0.4) is 0 Å². The average molecular weight is 295 g/mol. The Balaban J connectivity index is 2.12. The van der Waals surface area contributed by atoms with Crippen LogP contribution in [0.1, 0.15) is 31.8 Å². The van der Waals surface area contributed by atoms with Gasteiger partial charge >= 0.3 is 0 Å². The first-order valence-corrected chi connectivity index (χ1v) is 7.90. The van der Waals surface area contributed by atoms with E-state index >= 15 is 0 Å². The third kappa shape index (κ3) is 4.14. The number of aryl methyl sites for hydroxylation is 2. The minimum atomic E-state index is 0.685. The first kappa shape index (κ1) is 14.2. The second-order valence-electron chi connectivity index (χ2n) is 4.03. The topological polar surface area (TPSA) is 63.6 Å². The quantitative estimate of drug-likeness (QED) is 0.826. The number of hydrogen-bond donors (Lipinski definition) is 1. The second kappa shape index (κ2) is 6.81. The van der Waals surface area contributed by atoms with E-state index < -0.39 is 0 Å². The Kier molecular flexibility index (Phi) is 5.09. The third-order valence-electron chi connectivity index (χ3n) is 2.32. The van der Waals surface area contributed by atoms with Crippen molar-refractivity contribution in [1.82, 2.24) is 19.3 Å². The fourth-order valence-corrected chi connectivity index (χ4v) is 3.13. The Labute approximate surface area is 121 Å². The number of rotatable bonds is 6. The van der Waals surface area contributed by atoms with Crippen molar-refractivity contribution in [1.29, 1.82) is 0 Å². The molecule has 0 aliphatic rings. The van der Waals surface area contributed by atoms with E-state index in [0.717, 1.165) is 40.3 Å². The van der Waals surface area contributed by atoms with Crippen molar-refractivity contribution in [2.75, 3.05) is 11.9 Å². The fraction of sp³-hybridized carbons (Fsp3) is 0.500. The summed E-state index contributed by atoms with van der Waals surface area (Å²) < 4.78 is 5.20. The lowest BCUT2D eigenvalue weighted by atomic mass is 10.4. The SMILES string of the molecule is CCCNc1nc(C)cc(Sc2nc(CC)ns2)n1. The largest absolute Gasteiger partial charge is 0.354 e. The van der Waals surface area contributed by atoms with E-state index in [9.17, 15) is 0 Å². The highest BCUT2D eigenvalue weighted by molar-refractivity contribution is 8.00. The van der Waals surface area contributed by atoms with Crippen molar-refractivity contribution >= 4 is 29.2 Å². The molecule has 0 aliphatic carbocycles. The monoisotopic (exact) mass is 295 g/mol. The Morgan fingerprint density at radius 2 is 2.11 bits per heavy atom.